The highest BCUT2D eigenvalue weighted by atomic mass is 35.5. The molecule has 1 fully saturated rings. The van der Waals surface area contributed by atoms with Gasteiger partial charge < -0.3 is 25.9 Å². The van der Waals surface area contributed by atoms with Crippen molar-refractivity contribution in [3.8, 4) is 0 Å². The molecule has 3 aromatic rings. The normalized spacial score (nSPS) is 19.4. The molecule has 36 heavy (non-hydrogen) atoms. The number of amides is 3. The number of nitrogens with two attached hydrogens (primary N) is 1. The van der Waals surface area contributed by atoms with Crippen LogP contribution in [-0.2, 0) is 22.6 Å². The van der Waals surface area contributed by atoms with Crippen LogP contribution in [-0.4, -0.2) is 57.5 Å². The average molecular weight is 521 g/mol. The number of likely N-dealkylation sites (tertiary alicyclic amines) is 1. The zero-order valence-electron chi connectivity index (χ0n) is 18.9. The SMILES string of the molecule is NC(=O)On1cc(CC(=O)N2C[C@@](F)(CO)C[C@H]2C(=O)NCc2cccc(Cl)c2F)c2ccccc21. The van der Waals surface area contributed by atoms with Crippen molar-refractivity contribution in [3.63, 3.8) is 0 Å². The van der Waals surface area contributed by atoms with Crippen LogP contribution in [0.25, 0.3) is 10.9 Å². The number of benzene rings is 2. The van der Waals surface area contributed by atoms with Gasteiger partial charge in [-0.25, -0.2) is 13.6 Å². The van der Waals surface area contributed by atoms with E-state index in [-0.39, 0.29) is 23.6 Å². The first-order chi connectivity index (χ1) is 17.1. The average Bonchev–Trinajstić information content (AvgIpc) is 3.38. The Morgan fingerprint density at radius 2 is 1.94 bits per heavy atom. The number of halogens is 3. The molecule has 1 saturated heterocycles. The number of para-hydroxylation sites is 1. The fraction of sp³-hybridized carbons (Fsp3) is 0.292. The fourth-order valence-corrected chi connectivity index (χ4v) is 4.52. The summed E-state index contributed by atoms with van der Waals surface area (Å²) in [6, 6.07) is 9.90. The number of fused-ring (bicyclic) bond motifs is 1. The van der Waals surface area contributed by atoms with Crippen LogP contribution in [0.1, 0.15) is 17.5 Å². The predicted molar refractivity (Wildman–Crippen MR) is 126 cm³/mol. The zero-order chi connectivity index (χ0) is 26.0. The Balaban J connectivity index is 1.55. The smallest absolute Gasteiger partial charge is 0.393 e. The van der Waals surface area contributed by atoms with E-state index in [0.717, 1.165) is 9.63 Å². The number of primary amides is 1. The van der Waals surface area contributed by atoms with E-state index in [9.17, 15) is 23.9 Å². The summed E-state index contributed by atoms with van der Waals surface area (Å²) >= 11 is 5.77. The Hall–Kier alpha value is -3.70. The number of rotatable bonds is 7. The maximum Gasteiger partial charge on any atom is 0.429 e. The van der Waals surface area contributed by atoms with Crippen molar-refractivity contribution in [1.82, 2.24) is 14.9 Å². The van der Waals surface area contributed by atoms with Gasteiger partial charge in [0.2, 0.25) is 11.8 Å². The van der Waals surface area contributed by atoms with Crippen LogP contribution in [0.4, 0.5) is 13.6 Å². The van der Waals surface area contributed by atoms with Gasteiger partial charge in [-0.15, -0.1) is 0 Å². The van der Waals surface area contributed by atoms with Crippen LogP contribution in [0.15, 0.2) is 48.7 Å². The fourth-order valence-electron chi connectivity index (χ4n) is 4.33. The van der Waals surface area contributed by atoms with Crippen LogP contribution >= 0.6 is 11.6 Å². The second-order valence-corrected chi connectivity index (χ2v) is 8.97. The molecular formula is C24H23ClF2N4O5. The number of nitrogens with zero attached hydrogens (tertiary/aromatic N) is 2. The topological polar surface area (TPSA) is 127 Å². The zero-order valence-corrected chi connectivity index (χ0v) is 19.7. The molecule has 1 aliphatic rings. The predicted octanol–water partition coefficient (Wildman–Crippen LogP) is 2.10. The van der Waals surface area contributed by atoms with Gasteiger partial charge in [-0.3, -0.25) is 9.59 Å². The minimum atomic E-state index is -2.18. The van der Waals surface area contributed by atoms with Crippen LogP contribution in [0.5, 0.6) is 0 Å². The third-order valence-corrected chi connectivity index (χ3v) is 6.36. The molecule has 4 rings (SSSR count). The molecule has 4 N–H and O–H groups in total. The summed E-state index contributed by atoms with van der Waals surface area (Å²) in [6.07, 6.45) is -0.309. The highest BCUT2D eigenvalue weighted by Gasteiger charge is 2.49. The quantitative estimate of drug-likeness (QED) is 0.440. The lowest BCUT2D eigenvalue weighted by Crippen LogP contribution is -2.46. The maximum atomic E-state index is 15.1. The summed E-state index contributed by atoms with van der Waals surface area (Å²) in [6.45, 7) is -1.60. The molecule has 0 bridgehead atoms. The van der Waals surface area contributed by atoms with Crippen LogP contribution in [0, 0.1) is 5.82 Å². The molecule has 0 unspecified atom stereocenters. The summed E-state index contributed by atoms with van der Waals surface area (Å²) < 4.78 is 30.4. The number of hydrogen-bond acceptors (Lipinski definition) is 5. The first kappa shape index (κ1) is 25.4. The Bertz CT molecular complexity index is 1330. The van der Waals surface area contributed by atoms with Gasteiger partial charge in [-0.05, 0) is 17.7 Å². The third kappa shape index (κ3) is 5.12. The molecule has 3 amide bonds. The largest absolute Gasteiger partial charge is 0.429 e. The van der Waals surface area contributed by atoms with Gasteiger partial charge in [0.25, 0.3) is 0 Å². The Kier molecular flexibility index (Phi) is 7.14. The number of aliphatic hydroxyl groups excluding tert-OH is 1. The van der Waals surface area contributed by atoms with Crippen molar-refractivity contribution in [3.05, 3.63) is 70.6 Å². The standard InChI is InChI=1S/C24H23ClF2N4O5/c25-17-6-3-4-14(21(17)26)10-29-22(34)19-9-24(27,13-32)12-30(19)20(33)8-15-11-31(36-23(28)35)18-7-2-1-5-16(15)18/h1-7,11,19,32H,8-10,12-13H2,(H2,28,35)(H,29,34)/t19-,24+/m0/s1. The highest BCUT2D eigenvalue weighted by Crippen LogP contribution is 2.32. The summed E-state index contributed by atoms with van der Waals surface area (Å²) in [4.78, 5) is 43.4. The van der Waals surface area contributed by atoms with Gasteiger partial charge >= 0.3 is 6.09 Å². The van der Waals surface area contributed by atoms with Gasteiger partial charge in [0.15, 0.2) is 5.67 Å². The lowest BCUT2D eigenvalue weighted by Gasteiger charge is -2.24. The highest BCUT2D eigenvalue weighted by molar-refractivity contribution is 6.30. The van der Waals surface area contributed by atoms with E-state index in [1.807, 2.05) is 0 Å². The number of aliphatic hydroxyl groups is 1. The molecule has 2 heterocycles. The van der Waals surface area contributed by atoms with Gasteiger partial charge in [0, 0.05) is 30.1 Å². The number of aromatic nitrogens is 1. The Morgan fingerprint density at radius 1 is 1.19 bits per heavy atom. The molecule has 12 heteroatoms. The van der Waals surface area contributed by atoms with Crippen molar-refractivity contribution in [2.45, 2.75) is 31.1 Å². The first-order valence-corrected chi connectivity index (χ1v) is 11.4. The van der Waals surface area contributed by atoms with Gasteiger partial charge in [0.1, 0.15) is 11.9 Å². The van der Waals surface area contributed by atoms with E-state index >= 15 is 4.39 Å². The lowest BCUT2D eigenvalue weighted by molar-refractivity contribution is -0.138. The second kappa shape index (κ2) is 10.1. The monoisotopic (exact) mass is 520 g/mol. The Labute approximate surface area is 209 Å². The van der Waals surface area contributed by atoms with Gasteiger partial charge in [-0.1, -0.05) is 41.9 Å². The summed E-state index contributed by atoms with van der Waals surface area (Å²) in [7, 11) is 0. The third-order valence-electron chi connectivity index (χ3n) is 6.07. The van der Waals surface area contributed by atoms with E-state index in [0.29, 0.717) is 16.5 Å². The van der Waals surface area contributed by atoms with Crippen molar-refractivity contribution < 1.29 is 33.1 Å². The molecule has 1 aliphatic heterocycles. The van der Waals surface area contributed by atoms with Crippen molar-refractivity contribution in [2.75, 3.05) is 13.2 Å². The van der Waals surface area contributed by atoms with E-state index in [1.165, 1.54) is 24.4 Å². The molecule has 2 atom stereocenters. The number of hydrogen-bond donors (Lipinski definition) is 3. The number of nitrogens with one attached hydrogen (secondary N) is 1. The minimum absolute atomic E-state index is 0.109. The van der Waals surface area contributed by atoms with Crippen molar-refractivity contribution in [2.24, 2.45) is 5.73 Å². The van der Waals surface area contributed by atoms with Crippen molar-refractivity contribution in [1.29, 1.82) is 0 Å². The van der Waals surface area contributed by atoms with Crippen molar-refractivity contribution >= 4 is 40.4 Å². The lowest BCUT2D eigenvalue weighted by atomic mass is 10.0. The van der Waals surface area contributed by atoms with Crippen LogP contribution < -0.4 is 15.9 Å². The van der Waals surface area contributed by atoms with Crippen LogP contribution in [0.2, 0.25) is 5.02 Å². The molecular weight excluding hydrogens is 498 g/mol. The Morgan fingerprint density at radius 3 is 2.67 bits per heavy atom. The number of carbonyl (C=O) groups is 3. The first-order valence-electron chi connectivity index (χ1n) is 11.0. The number of carbonyl (C=O) groups excluding carboxylic acids is 3. The molecule has 2 aromatic carbocycles. The number of alkyl halides is 1. The van der Waals surface area contributed by atoms with E-state index in [4.69, 9.17) is 22.2 Å². The van der Waals surface area contributed by atoms with Gasteiger partial charge in [-0.2, -0.15) is 4.73 Å². The maximum absolute atomic E-state index is 15.1. The molecule has 0 spiro atoms. The minimum Gasteiger partial charge on any atom is -0.393 e. The molecule has 9 nitrogen and oxygen atoms in total. The van der Waals surface area contributed by atoms with E-state index < -0.39 is 55.0 Å². The van der Waals surface area contributed by atoms with E-state index in [1.54, 1.807) is 24.3 Å². The molecule has 190 valence electrons. The summed E-state index contributed by atoms with van der Waals surface area (Å²) in [5.74, 6) is -1.97. The summed E-state index contributed by atoms with van der Waals surface area (Å²) in [5.41, 5.74) is 4.00. The summed E-state index contributed by atoms with van der Waals surface area (Å²) in [5, 5.41) is 12.6. The van der Waals surface area contributed by atoms with Crippen LogP contribution in [0.3, 0.4) is 0 Å². The van der Waals surface area contributed by atoms with Gasteiger partial charge in [0.05, 0.1) is 30.1 Å². The van der Waals surface area contributed by atoms with E-state index in [2.05, 4.69) is 5.32 Å². The molecule has 0 radical (unpaired) electrons. The second-order valence-electron chi connectivity index (χ2n) is 8.57. The molecule has 0 saturated carbocycles. The molecule has 1 aromatic heterocycles. The molecule has 0 aliphatic carbocycles.